The van der Waals surface area contributed by atoms with Crippen LogP contribution >= 0.6 is 0 Å². The monoisotopic (exact) mass is 393 g/mol. The van der Waals surface area contributed by atoms with Crippen molar-refractivity contribution >= 4 is 28.8 Å². The molecule has 2 aromatic carbocycles. The van der Waals surface area contributed by atoms with Crippen LogP contribution in [-0.2, 0) is 9.59 Å². The number of non-ortho nitro benzene ring substituents is 1. The molecule has 0 unspecified atom stereocenters. The van der Waals surface area contributed by atoms with Crippen LogP contribution < -0.4 is 5.32 Å². The highest BCUT2D eigenvalue weighted by Crippen LogP contribution is 2.32. The number of nitro groups is 1. The van der Waals surface area contributed by atoms with Gasteiger partial charge in [-0.25, -0.2) is 0 Å². The maximum atomic E-state index is 13.0. The maximum Gasteiger partial charge on any atom is 0.278 e. The Morgan fingerprint density at radius 2 is 1.48 bits per heavy atom. The highest BCUT2D eigenvalue weighted by molar-refractivity contribution is 6.36. The van der Waals surface area contributed by atoms with Crippen molar-refractivity contribution in [3.63, 3.8) is 0 Å². The maximum absolute atomic E-state index is 13.0. The zero-order valence-electron chi connectivity index (χ0n) is 16.8. The van der Waals surface area contributed by atoms with Gasteiger partial charge in [-0.1, -0.05) is 26.0 Å². The Hall–Kier alpha value is -3.48. The van der Waals surface area contributed by atoms with Crippen LogP contribution in [0.2, 0.25) is 0 Å². The van der Waals surface area contributed by atoms with Gasteiger partial charge in [0, 0.05) is 23.9 Å². The SMILES string of the molecule is CC(C)c1ccc(NC2=C(c3ccc([N+](=O)[O-])cc3)C(=O)N(C(C)C)C2=O)cc1. The smallest absolute Gasteiger partial charge is 0.278 e. The Kier molecular flexibility index (Phi) is 5.50. The molecule has 2 aromatic rings. The molecule has 0 fully saturated rings. The van der Waals surface area contributed by atoms with E-state index in [0.29, 0.717) is 17.2 Å². The predicted molar refractivity (Wildman–Crippen MR) is 111 cm³/mol. The van der Waals surface area contributed by atoms with Crippen molar-refractivity contribution in [1.82, 2.24) is 4.90 Å². The number of anilines is 1. The lowest BCUT2D eigenvalue weighted by molar-refractivity contribution is -0.384. The molecule has 0 aliphatic carbocycles. The number of carbonyl (C=O) groups is 2. The van der Waals surface area contributed by atoms with E-state index < -0.39 is 16.7 Å². The Morgan fingerprint density at radius 3 is 1.97 bits per heavy atom. The number of rotatable bonds is 6. The van der Waals surface area contributed by atoms with Gasteiger partial charge in [0.1, 0.15) is 5.70 Å². The number of nitrogens with one attached hydrogen (secondary N) is 1. The van der Waals surface area contributed by atoms with Crippen LogP contribution in [0.3, 0.4) is 0 Å². The summed E-state index contributed by atoms with van der Waals surface area (Å²) >= 11 is 0. The second kappa shape index (κ2) is 7.87. The summed E-state index contributed by atoms with van der Waals surface area (Å²) in [6, 6.07) is 13.0. The summed E-state index contributed by atoms with van der Waals surface area (Å²) in [7, 11) is 0. The normalized spacial score (nSPS) is 14.3. The second-order valence-electron chi connectivity index (χ2n) is 7.53. The van der Waals surface area contributed by atoms with E-state index in [1.807, 2.05) is 24.3 Å². The predicted octanol–water partition coefficient (Wildman–Crippen LogP) is 4.32. The molecule has 0 aromatic heterocycles. The molecule has 7 heteroatoms. The minimum Gasteiger partial charge on any atom is -0.350 e. The number of amides is 2. The van der Waals surface area contributed by atoms with Gasteiger partial charge in [0.05, 0.1) is 10.5 Å². The third-order valence-electron chi connectivity index (χ3n) is 4.85. The number of nitrogens with zero attached hydrogens (tertiary/aromatic N) is 2. The third-order valence-corrected chi connectivity index (χ3v) is 4.85. The van der Waals surface area contributed by atoms with Gasteiger partial charge in [-0.05, 0) is 55.2 Å². The van der Waals surface area contributed by atoms with Crippen molar-refractivity contribution in [3.05, 3.63) is 75.5 Å². The minimum atomic E-state index is -0.504. The van der Waals surface area contributed by atoms with Crippen LogP contribution in [0.25, 0.3) is 5.57 Å². The average molecular weight is 393 g/mol. The first-order valence-electron chi connectivity index (χ1n) is 9.44. The highest BCUT2D eigenvalue weighted by Gasteiger charge is 2.40. The summed E-state index contributed by atoms with van der Waals surface area (Å²) in [5.74, 6) is -0.448. The second-order valence-corrected chi connectivity index (χ2v) is 7.53. The quantitative estimate of drug-likeness (QED) is 0.448. The van der Waals surface area contributed by atoms with E-state index in [0.717, 1.165) is 5.56 Å². The lowest BCUT2D eigenvalue weighted by Gasteiger charge is -2.19. The standard InChI is InChI=1S/C22H23N3O4/c1-13(2)15-5-9-17(10-6-15)23-20-19(21(26)24(14(3)4)22(20)27)16-7-11-18(12-8-16)25(28)29/h5-14,23H,1-4H3. The Balaban J connectivity index is 2.04. The topological polar surface area (TPSA) is 92.6 Å². The number of imide groups is 1. The molecule has 0 saturated heterocycles. The van der Waals surface area contributed by atoms with Crippen molar-refractivity contribution in [2.24, 2.45) is 0 Å². The molecule has 29 heavy (non-hydrogen) atoms. The number of nitro benzene ring substituents is 1. The highest BCUT2D eigenvalue weighted by atomic mass is 16.6. The third kappa shape index (κ3) is 3.89. The molecule has 0 bridgehead atoms. The van der Waals surface area contributed by atoms with Gasteiger partial charge in [0.25, 0.3) is 17.5 Å². The largest absolute Gasteiger partial charge is 0.350 e. The first kappa shape index (κ1) is 20.3. The van der Waals surface area contributed by atoms with Crippen LogP contribution in [0.1, 0.15) is 44.7 Å². The van der Waals surface area contributed by atoms with E-state index >= 15 is 0 Å². The first-order valence-corrected chi connectivity index (χ1v) is 9.44. The van der Waals surface area contributed by atoms with Gasteiger partial charge in [0.15, 0.2) is 0 Å². The molecule has 0 radical (unpaired) electrons. The van der Waals surface area contributed by atoms with E-state index in [1.165, 1.54) is 29.2 Å². The molecule has 1 aliphatic heterocycles. The van der Waals surface area contributed by atoms with Crippen LogP contribution in [0, 0.1) is 10.1 Å². The van der Waals surface area contributed by atoms with E-state index in [2.05, 4.69) is 19.2 Å². The number of hydrogen-bond donors (Lipinski definition) is 1. The van der Waals surface area contributed by atoms with Gasteiger partial charge in [-0.2, -0.15) is 0 Å². The fraction of sp³-hybridized carbons (Fsp3) is 0.273. The van der Waals surface area contributed by atoms with Gasteiger partial charge in [-0.3, -0.25) is 24.6 Å². The van der Waals surface area contributed by atoms with Gasteiger partial charge in [0.2, 0.25) is 0 Å². The molecular formula is C22H23N3O4. The van der Waals surface area contributed by atoms with Gasteiger partial charge in [-0.15, -0.1) is 0 Å². The Morgan fingerprint density at radius 1 is 0.897 bits per heavy atom. The molecule has 3 rings (SSSR count). The minimum absolute atomic E-state index is 0.0781. The van der Waals surface area contributed by atoms with Crippen molar-refractivity contribution in [2.75, 3.05) is 5.32 Å². The summed E-state index contributed by atoms with van der Waals surface area (Å²) in [6.45, 7) is 7.72. The van der Waals surface area contributed by atoms with E-state index in [-0.39, 0.29) is 23.0 Å². The fourth-order valence-corrected chi connectivity index (χ4v) is 3.25. The van der Waals surface area contributed by atoms with Crippen LogP contribution in [-0.4, -0.2) is 27.7 Å². The first-order chi connectivity index (χ1) is 13.7. The molecule has 1 aliphatic rings. The van der Waals surface area contributed by atoms with Crippen molar-refractivity contribution in [1.29, 1.82) is 0 Å². The van der Waals surface area contributed by atoms with Crippen molar-refractivity contribution < 1.29 is 14.5 Å². The number of carbonyl (C=O) groups excluding carboxylic acids is 2. The molecule has 0 spiro atoms. The molecule has 2 amide bonds. The zero-order chi connectivity index (χ0) is 21.3. The van der Waals surface area contributed by atoms with Crippen LogP contribution in [0.4, 0.5) is 11.4 Å². The molecule has 1 N–H and O–H groups in total. The molecular weight excluding hydrogens is 370 g/mol. The van der Waals surface area contributed by atoms with E-state index in [9.17, 15) is 19.7 Å². The lowest BCUT2D eigenvalue weighted by atomic mass is 10.0. The van der Waals surface area contributed by atoms with Crippen LogP contribution in [0.15, 0.2) is 54.2 Å². The zero-order valence-corrected chi connectivity index (χ0v) is 16.8. The molecule has 7 nitrogen and oxygen atoms in total. The number of hydrogen-bond acceptors (Lipinski definition) is 5. The summed E-state index contributed by atoms with van der Waals surface area (Å²) in [4.78, 5) is 37.6. The molecule has 0 atom stereocenters. The summed E-state index contributed by atoms with van der Waals surface area (Å²) in [5.41, 5.74) is 2.62. The molecule has 1 heterocycles. The average Bonchev–Trinajstić information content (AvgIpc) is 2.92. The van der Waals surface area contributed by atoms with E-state index in [4.69, 9.17) is 0 Å². The molecule has 0 saturated carbocycles. The summed E-state index contributed by atoms with van der Waals surface area (Å²) < 4.78 is 0. The van der Waals surface area contributed by atoms with E-state index in [1.54, 1.807) is 13.8 Å². The number of benzene rings is 2. The van der Waals surface area contributed by atoms with Gasteiger partial charge >= 0.3 is 0 Å². The summed E-state index contributed by atoms with van der Waals surface area (Å²) in [5, 5.41) is 14.0. The van der Waals surface area contributed by atoms with Crippen molar-refractivity contribution in [2.45, 2.75) is 39.7 Å². The lowest BCUT2D eigenvalue weighted by Crippen LogP contribution is -2.38. The Labute approximate surface area is 169 Å². The Bertz CT molecular complexity index is 990. The summed E-state index contributed by atoms with van der Waals surface area (Å²) in [6.07, 6.45) is 0. The fourth-order valence-electron chi connectivity index (χ4n) is 3.25. The van der Waals surface area contributed by atoms with Crippen molar-refractivity contribution in [3.8, 4) is 0 Å². The van der Waals surface area contributed by atoms with Gasteiger partial charge < -0.3 is 5.32 Å². The molecule has 150 valence electrons. The van der Waals surface area contributed by atoms with Crippen LogP contribution in [0.5, 0.6) is 0 Å².